The van der Waals surface area contributed by atoms with Crippen molar-refractivity contribution in [1.82, 2.24) is 20.6 Å². The fourth-order valence-electron chi connectivity index (χ4n) is 9.36. The third-order valence-corrected chi connectivity index (χ3v) is 15.0. The fourth-order valence-corrected chi connectivity index (χ4v) is 10.9. The van der Waals surface area contributed by atoms with Crippen LogP contribution in [0.4, 0.5) is 4.79 Å². The number of hydrogen-bond acceptors (Lipinski definition) is 10. The lowest BCUT2D eigenvalue weighted by Crippen LogP contribution is -2.42. The third-order valence-electron chi connectivity index (χ3n) is 12.9. The van der Waals surface area contributed by atoms with Crippen molar-refractivity contribution in [1.29, 1.82) is 0 Å². The molecule has 1 aliphatic carbocycles. The van der Waals surface area contributed by atoms with Gasteiger partial charge in [-0.2, -0.15) is 0 Å². The van der Waals surface area contributed by atoms with Crippen LogP contribution in [-0.4, -0.2) is 94.9 Å². The molecule has 0 bridgehead atoms. The summed E-state index contributed by atoms with van der Waals surface area (Å²) in [6.07, 6.45) is 4.25. The van der Waals surface area contributed by atoms with E-state index in [2.05, 4.69) is 84.7 Å². The number of rotatable bonds is 30. The zero-order valence-electron chi connectivity index (χ0n) is 43.2. The monoisotopic (exact) mass is 1000 g/mol. The molecule has 14 heteroatoms. The van der Waals surface area contributed by atoms with Crippen LogP contribution in [0.5, 0.6) is 11.5 Å². The molecule has 5 aromatic rings. The van der Waals surface area contributed by atoms with Crippen LogP contribution in [0.25, 0.3) is 11.1 Å². The van der Waals surface area contributed by atoms with Crippen molar-refractivity contribution in [2.75, 3.05) is 54.2 Å². The first-order valence-electron chi connectivity index (χ1n) is 25.4. The summed E-state index contributed by atoms with van der Waals surface area (Å²) in [7, 11) is 3.42. The lowest BCUT2D eigenvalue weighted by atomic mass is 9.80. The fraction of sp³-hybridized carbons (Fsp3) is 0.431. The van der Waals surface area contributed by atoms with E-state index < -0.39 is 26.3 Å². The molecule has 13 nitrogen and oxygen atoms in total. The molecule has 0 saturated heterocycles. The molecule has 5 aromatic carbocycles. The summed E-state index contributed by atoms with van der Waals surface area (Å²) in [5, 5.41) is 9.00. The number of amides is 3. The van der Waals surface area contributed by atoms with Crippen molar-refractivity contribution >= 4 is 26.4 Å². The first-order chi connectivity index (χ1) is 35.0. The molecule has 2 unspecified atom stereocenters. The Balaban J connectivity index is 0.948. The van der Waals surface area contributed by atoms with Crippen molar-refractivity contribution in [2.45, 2.75) is 109 Å². The van der Waals surface area contributed by atoms with Crippen molar-refractivity contribution < 1.29 is 42.4 Å². The quantitative estimate of drug-likeness (QED) is 0.0231. The van der Waals surface area contributed by atoms with Gasteiger partial charge in [-0.1, -0.05) is 116 Å². The van der Waals surface area contributed by atoms with Crippen LogP contribution in [0.15, 0.2) is 127 Å². The number of carbonyl (C=O) groups is 3. The molecular formula is C58H75N4O9P. The van der Waals surface area contributed by atoms with Gasteiger partial charge in [-0.05, 0) is 117 Å². The number of fused-ring (bicyclic) bond motifs is 3. The van der Waals surface area contributed by atoms with E-state index in [0.29, 0.717) is 32.4 Å². The zero-order valence-corrected chi connectivity index (χ0v) is 44.1. The molecule has 0 aliphatic heterocycles. The Morgan fingerprint density at radius 1 is 0.583 bits per heavy atom. The highest BCUT2D eigenvalue weighted by Gasteiger charge is 2.40. The molecule has 0 saturated carbocycles. The number of unbranched alkanes of at least 4 members (excludes halogenated alkanes) is 4. The molecular weight excluding hydrogens is 928 g/mol. The van der Waals surface area contributed by atoms with Crippen molar-refractivity contribution in [3.63, 3.8) is 0 Å². The van der Waals surface area contributed by atoms with Crippen LogP contribution in [0, 0.1) is 0 Å². The molecule has 72 heavy (non-hydrogen) atoms. The molecule has 0 radical (unpaired) electrons. The van der Waals surface area contributed by atoms with Gasteiger partial charge in [0.15, 0.2) is 0 Å². The Hall–Kier alpha value is -5.82. The molecule has 0 heterocycles. The maximum absolute atomic E-state index is 13.4. The summed E-state index contributed by atoms with van der Waals surface area (Å²) >= 11 is 0. The number of carbonyl (C=O) groups excluding carboxylic acids is 3. The van der Waals surface area contributed by atoms with Gasteiger partial charge in [-0.15, -0.1) is 0 Å². The van der Waals surface area contributed by atoms with Crippen LogP contribution in [0.1, 0.15) is 113 Å². The van der Waals surface area contributed by atoms with E-state index in [-0.39, 0.29) is 49.6 Å². The Morgan fingerprint density at radius 2 is 1.07 bits per heavy atom. The summed E-state index contributed by atoms with van der Waals surface area (Å²) < 4.78 is 39.0. The van der Waals surface area contributed by atoms with E-state index in [1.807, 2.05) is 91.0 Å². The van der Waals surface area contributed by atoms with E-state index in [4.69, 9.17) is 28.0 Å². The van der Waals surface area contributed by atoms with Gasteiger partial charge >= 0.3 is 6.09 Å². The number of benzene rings is 5. The van der Waals surface area contributed by atoms with Crippen LogP contribution >= 0.6 is 8.53 Å². The van der Waals surface area contributed by atoms with Gasteiger partial charge in [0, 0.05) is 57.6 Å². The van der Waals surface area contributed by atoms with Crippen LogP contribution < -0.4 is 25.4 Å². The number of ether oxygens (including phenoxy) is 4. The van der Waals surface area contributed by atoms with Gasteiger partial charge in [-0.3, -0.25) is 9.59 Å². The van der Waals surface area contributed by atoms with E-state index in [0.717, 1.165) is 60.3 Å². The summed E-state index contributed by atoms with van der Waals surface area (Å²) in [5.41, 5.74) is 6.35. The normalized spacial score (nSPS) is 13.1. The Kier molecular flexibility index (Phi) is 21.9. The topological polar surface area (TPSA) is 146 Å². The Labute approximate surface area is 428 Å². The molecule has 0 fully saturated rings. The molecule has 3 amide bonds. The summed E-state index contributed by atoms with van der Waals surface area (Å²) in [6.45, 7) is 10.1. The molecule has 2 atom stereocenters. The largest absolute Gasteiger partial charge is 0.497 e. The predicted octanol–water partition coefficient (Wildman–Crippen LogP) is 11.3. The highest BCUT2D eigenvalue weighted by molar-refractivity contribution is 7.44. The average molecular weight is 1000 g/mol. The van der Waals surface area contributed by atoms with Gasteiger partial charge in [0.2, 0.25) is 11.8 Å². The van der Waals surface area contributed by atoms with E-state index in [1.54, 1.807) is 21.3 Å². The highest BCUT2D eigenvalue weighted by atomic mass is 31.2. The van der Waals surface area contributed by atoms with Gasteiger partial charge in [0.1, 0.15) is 29.8 Å². The smallest absolute Gasteiger partial charge is 0.407 e. The first-order valence-corrected chi connectivity index (χ1v) is 26.5. The second-order valence-corrected chi connectivity index (χ2v) is 20.1. The third kappa shape index (κ3) is 15.1. The van der Waals surface area contributed by atoms with Crippen LogP contribution in [-0.2, 0) is 33.7 Å². The number of nitrogens with one attached hydrogen (secondary N) is 3. The molecule has 6 rings (SSSR count). The van der Waals surface area contributed by atoms with Gasteiger partial charge < -0.3 is 43.9 Å². The minimum Gasteiger partial charge on any atom is -0.497 e. The average Bonchev–Trinajstić information content (AvgIpc) is 3.72. The lowest BCUT2D eigenvalue weighted by Gasteiger charge is -2.39. The number of hydrogen-bond donors (Lipinski definition) is 3. The van der Waals surface area contributed by atoms with Crippen LogP contribution in [0.2, 0.25) is 0 Å². The molecule has 0 aromatic heterocycles. The lowest BCUT2D eigenvalue weighted by molar-refractivity contribution is -0.122. The SMILES string of the molecule is COc1ccc(C(OCC(CNC(=O)CCCCCNC(=O)CCCCCNC(=O)OCC2c3ccccc3-c3ccccc32)OP(OC)N(C(C)C)C(C)C)(c2ccccc2)c2ccc(OC)cc2)cc1. The minimum absolute atomic E-state index is 0.00489. The summed E-state index contributed by atoms with van der Waals surface area (Å²) in [4.78, 5) is 38.5. The van der Waals surface area contributed by atoms with E-state index in [9.17, 15) is 14.4 Å². The van der Waals surface area contributed by atoms with Crippen molar-refractivity contribution in [3.05, 3.63) is 155 Å². The minimum atomic E-state index is -1.53. The van der Waals surface area contributed by atoms with Crippen LogP contribution in [0.3, 0.4) is 0 Å². The molecule has 0 spiro atoms. The second-order valence-electron chi connectivity index (χ2n) is 18.6. The van der Waals surface area contributed by atoms with Crippen molar-refractivity contribution in [3.8, 4) is 22.6 Å². The second kappa shape index (κ2) is 28.4. The highest BCUT2D eigenvalue weighted by Crippen LogP contribution is 2.48. The van der Waals surface area contributed by atoms with E-state index >= 15 is 0 Å². The van der Waals surface area contributed by atoms with Gasteiger partial charge in [-0.25, -0.2) is 9.46 Å². The maximum atomic E-state index is 13.4. The summed E-state index contributed by atoms with van der Waals surface area (Å²) in [6, 6.07) is 42.7. The first kappa shape index (κ1) is 55.5. The van der Waals surface area contributed by atoms with Crippen molar-refractivity contribution in [2.24, 2.45) is 0 Å². The zero-order chi connectivity index (χ0) is 51.3. The number of methoxy groups -OCH3 is 2. The standard InChI is InChI=1S/C58H75N4O9P/c1-42(2)62(43(3)4)72(68-7)71-49(40-70-58(44-21-11-8-12-22-44,45-29-33-47(66-5)34-30-45)46-31-35-48(67-6)36-32-46)39-61-56(64)28-14-9-19-37-59-55(63)27-13-10-20-38-60-57(65)69-41-54-52-25-17-15-23-50(52)51-24-16-18-26-53(51)54/h8,11-12,15-18,21-26,29-36,42-43,49,54H,9-10,13-14,19-20,27-28,37-41H2,1-7H3,(H,59,63)(H,60,65)(H,61,64). The Morgan fingerprint density at radius 3 is 1.58 bits per heavy atom. The maximum Gasteiger partial charge on any atom is 0.407 e. The number of nitrogens with zero attached hydrogens (tertiary/aromatic N) is 1. The van der Waals surface area contributed by atoms with E-state index in [1.165, 1.54) is 22.3 Å². The molecule has 3 N–H and O–H groups in total. The van der Waals surface area contributed by atoms with Gasteiger partial charge in [0.05, 0.1) is 20.8 Å². The Bertz CT molecular complexity index is 2340. The molecule has 1 aliphatic rings. The van der Waals surface area contributed by atoms with Gasteiger partial charge in [0.25, 0.3) is 8.53 Å². The number of alkyl carbamates (subject to hydrolysis) is 1. The molecule has 386 valence electrons. The summed E-state index contributed by atoms with van der Waals surface area (Å²) in [5.74, 6) is 1.38. The predicted molar refractivity (Wildman–Crippen MR) is 285 cm³/mol.